The molecule has 0 aromatic carbocycles. The first kappa shape index (κ1) is 12.6. The number of nitrogens with one attached hydrogen (secondary N) is 2. The Hall–Kier alpha value is -1.46. The minimum atomic E-state index is 0.488. The van der Waals surface area contributed by atoms with Crippen molar-refractivity contribution in [3.63, 3.8) is 0 Å². The molecule has 0 saturated carbocycles. The number of anilines is 1. The second kappa shape index (κ2) is 5.67. The third-order valence-electron chi connectivity index (χ3n) is 3.32. The Kier molecular flexibility index (Phi) is 3.75. The van der Waals surface area contributed by atoms with Crippen molar-refractivity contribution in [1.82, 2.24) is 15.3 Å². The molecule has 1 fully saturated rings. The molecule has 19 heavy (non-hydrogen) atoms. The van der Waals surface area contributed by atoms with Crippen molar-refractivity contribution in [3.8, 4) is 10.6 Å². The highest BCUT2D eigenvalue weighted by atomic mass is 32.1. The number of aryl methyl sites for hydroxylation is 1. The standard InChI is InChI=1S/C14H18N4S/c1-10-2-3-13(19-10)12-6-9-16-14(18-12)17-11-4-7-15-8-5-11/h2-3,6,9,11,15H,4-5,7-8H2,1H3,(H,16,17,18). The Bertz CT molecular complexity index is 546. The number of hydrogen-bond acceptors (Lipinski definition) is 5. The van der Waals surface area contributed by atoms with Gasteiger partial charge in [0, 0.05) is 17.1 Å². The number of piperidine rings is 1. The number of aromatic nitrogens is 2. The lowest BCUT2D eigenvalue weighted by molar-refractivity contribution is 0.477. The zero-order chi connectivity index (χ0) is 13.1. The summed E-state index contributed by atoms with van der Waals surface area (Å²) in [7, 11) is 0. The molecule has 4 nitrogen and oxygen atoms in total. The normalized spacial score (nSPS) is 16.5. The molecule has 1 aliphatic heterocycles. The van der Waals surface area contributed by atoms with Crippen molar-refractivity contribution in [2.75, 3.05) is 18.4 Å². The van der Waals surface area contributed by atoms with Crippen LogP contribution in [0.4, 0.5) is 5.95 Å². The number of nitrogens with zero attached hydrogens (tertiary/aromatic N) is 2. The van der Waals surface area contributed by atoms with Crippen molar-refractivity contribution < 1.29 is 0 Å². The van der Waals surface area contributed by atoms with Crippen molar-refractivity contribution in [1.29, 1.82) is 0 Å². The first-order valence-electron chi connectivity index (χ1n) is 6.68. The summed E-state index contributed by atoms with van der Waals surface area (Å²) in [4.78, 5) is 11.5. The van der Waals surface area contributed by atoms with Gasteiger partial charge in [-0.2, -0.15) is 0 Å². The molecule has 3 rings (SSSR count). The van der Waals surface area contributed by atoms with E-state index in [0.29, 0.717) is 6.04 Å². The molecule has 1 aliphatic rings. The van der Waals surface area contributed by atoms with Crippen molar-refractivity contribution >= 4 is 17.3 Å². The topological polar surface area (TPSA) is 49.8 Å². The van der Waals surface area contributed by atoms with E-state index in [2.05, 4.69) is 39.7 Å². The zero-order valence-electron chi connectivity index (χ0n) is 11.0. The van der Waals surface area contributed by atoms with Crippen LogP contribution in [0.1, 0.15) is 17.7 Å². The van der Waals surface area contributed by atoms with Gasteiger partial charge in [0.2, 0.25) is 5.95 Å². The SMILES string of the molecule is Cc1ccc(-c2ccnc(NC3CCNCC3)n2)s1. The van der Waals surface area contributed by atoms with Gasteiger partial charge in [0.1, 0.15) is 0 Å². The number of hydrogen-bond donors (Lipinski definition) is 2. The second-order valence-corrected chi connectivity index (χ2v) is 6.13. The number of thiophene rings is 1. The lowest BCUT2D eigenvalue weighted by Crippen LogP contribution is -2.35. The van der Waals surface area contributed by atoms with Crippen LogP contribution in [0.25, 0.3) is 10.6 Å². The summed E-state index contributed by atoms with van der Waals surface area (Å²) in [6, 6.07) is 6.71. The van der Waals surface area contributed by atoms with Gasteiger partial charge in [0.05, 0.1) is 10.6 Å². The van der Waals surface area contributed by atoms with E-state index in [9.17, 15) is 0 Å². The van der Waals surface area contributed by atoms with E-state index < -0.39 is 0 Å². The van der Waals surface area contributed by atoms with Crippen molar-refractivity contribution in [2.24, 2.45) is 0 Å². The van der Waals surface area contributed by atoms with E-state index in [4.69, 9.17) is 0 Å². The smallest absolute Gasteiger partial charge is 0.223 e. The molecule has 1 saturated heterocycles. The molecule has 100 valence electrons. The fourth-order valence-electron chi connectivity index (χ4n) is 2.29. The highest BCUT2D eigenvalue weighted by Gasteiger charge is 2.14. The van der Waals surface area contributed by atoms with Crippen LogP contribution in [0.15, 0.2) is 24.4 Å². The van der Waals surface area contributed by atoms with Gasteiger partial charge in [-0.05, 0) is 51.1 Å². The van der Waals surface area contributed by atoms with E-state index in [0.717, 1.165) is 37.6 Å². The van der Waals surface area contributed by atoms with Crippen LogP contribution in [-0.4, -0.2) is 29.1 Å². The monoisotopic (exact) mass is 274 g/mol. The number of rotatable bonds is 3. The summed E-state index contributed by atoms with van der Waals surface area (Å²) >= 11 is 1.77. The average molecular weight is 274 g/mol. The molecule has 0 aliphatic carbocycles. The van der Waals surface area contributed by atoms with Crippen LogP contribution in [-0.2, 0) is 0 Å². The average Bonchev–Trinajstić information content (AvgIpc) is 2.87. The molecule has 0 radical (unpaired) electrons. The quantitative estimate of drug-likeness (QED) is 0.903. The Morgan fingerprint density at radius 1 is 1.26 bits per heavy atom. The third-order valence-corrected chi connectivity index (χ3v) is 4.34. The van der Waals surface area contributed by atoms with Crippen LogP contribution < -0.4 is 10.6 Å². The molecule has 0 amide bonds. The molecule has 0 bridgehead atoms. The fourth-order valence-corrected chi connectivity index (χ4v) is 3.12. The van der Waals surface area contributed by atoms with Gasteiger partial charge < -0.3 is 10.6 Å². The fraction of sp³-hybridized carbons (Fsp3) is 0.429. The van der Waals surface area contributed by atoms with Crippen LogP contribution >= 0.6 is 11.3 Å². The molecule has 0 unspecified atom stereocenters. The Labute approximate surface area is 117 Å². The molecular weight excluding hydrogens is 256 g/mol. The molecule has 5 heteroatoms. The van der Waals surface area contributed by atoms with Gasteiger partial charge >= 0.3 is 0 Å². The highest BCUT2D eigenvalue weighted by molar-refractivity contribution is 7.15. The molecule has 2 aromatic rings. The zero-order valence-corrected chi connectivity index (χ0v) is 11.8. The Morgan fingerprint density at radius 3 is 2.84 bits per heavy atom. The second-order valence-electron chi connectivity index (χ2n) is 4.84. The summed E-state index contributed by atoms with van der Waals surface area (Å²) in [5.74, 6) is 0.746. The van der Waals surface area contributed by atoms with Gasteiger partial charge in [-0.25, -0.2) is 9.97 Å². The first-order valence-corrected chi connectivity index (χ1v) is 7.50. The molecule has 0 spiro atoms. The third kappa shape index (κ3) is 3.11. The molecular formula is C14H18N4S. The Morgan fingerprint density at radius 2 is 2.11 bits per heavy atom. The summed E-state index contributed by atoms with van der Waals surface area (Å²) in [5, 5.41) is 6.80. The minimum Gasteiger partial charge on any atom is -0.351 e. The highest BCUT2D eigenvalue weighted by Crippen LogP contribution is 2.26. The van der Waals surface area contributed by atoms with E-state index >= 15 is 0 Å². The van der Waals surface area contributed by atoms with Gasteiger partial charge in [-0.3, -0.25) is 0 Å². The van der Waals surface area contributed by atoms with E-state index in [1.165, 1.54) is 9.75 Å². The largest absolute Gasteiger partial charge is 0.351 e. The van der Waals surface area contributed by atoms with Gasteiger partial charge in [0.15, 0.2) is 0 Å². The van der Waals surface area contributed by atoms with Crippen LogP contribution in [0.2, 0.25) is 0 Å². The lowest BCUT2D eigenvalue weighted by atomic mass is 10.1. The van der Waals surface area contributed by atoms with Gasteiger partial charge in [-0.15, -0.1) is 11.3 Å². The predicted octanol–water partition coefficient (Wildman–Crippen LogP) is 2.68. The molecule has 2 N–H and O–H groups in total. The van der Waals surface area contributed by atoms with E-state index in [1.54, 1.807) is 11.3 Å². The molecule has 3 heterocycles. The maximum absolute atomic E-state index is 4.62. The van der Waals surface area contributed by atoms with Crippen LogP contribution in [0.5, 0.6) is 0 Å². The van der Waals surface area contributed by atoms with E-state index in [-0.39, 0.29) is 0 Å². The summed E-state index contributed by atoms with van der Waals surface area (Å²) < 4.78 is 0. The maximum atomic E-state index is 4.62. The van der Waals surface area contributed by atoms with E-state index in [1.807, 2.05) is 12.3 Å². The predicted molar refractivity (Wildman–Crippen MR) is 79.6 cm³/mol. The van der Waals surface area contributed by atoms with Crippen LogP contribution in [0, 0.1) is 6.92 Å². The Balaban J connectivity index is 1.75. The van der Waals surface area contributed by atoms with Crippen molar-refractivity contribution in [3.05, 3.63) is 29.3 Å². The summed E-state index contributed by atoms with van der Waals surface area (Å²) in [6.45, 7) is 4.26. The lowest BCUT2D eigenvalue weighted by Gasteiger charge is -2.23. The van der Waals surface area contributed by atoms with Gasteiger partial charge in [0.25, 0.3) is 0 Å². The minimum absolute atomic E-state index is 0.488. The van der Waals surface area contributed by atoms with Crippen molar-refractivity contribution in [2.45, 2.75) is 25.8 Å². The molecule has 0 atom stereocenters. The first-order chi connectivity index (χ1) is 9.31. The van der Waals surface area contributed by atoms with Gasteiger partial charge in [-0.1, -0.05) is 0 Å². The maximum Gasteiger partial charge on any atom is 0.223 e. The van der Waals surface area contributed by atoms with Crippen LogP contribution in [0.3, 0.4) is 0 Å². The summed E-state index contributed by atoms with van der Waals surface area (Å²) in [5.41, 5.74) is 1.00. The summed E-state index contributed by atoms with van der Waals surface area (Å²) in [6.07, 6.45) is 4.10. The molecule has 2 aromatic heterocycles.